The summed E-state index contributed by atoms with van der Waals surface area (Å²) in [6.07, 6.45) is -0.755. The van der Waals surface area contributed by atoms with Crippen molar-refractivity contribution >= 4 is 11.8 Å². The maximum Gasteiger partial charge on any atom is 0.242 e. The van der Waals surface area contributed by atoms with Gasteiger partial charge in [-0.25, -0.2) is 0 Å². The van der Waals surface area contributed by atoms with Crippen molar-refractivity contribution in [2.24, 2.45) is 0 Å². The minimum atomic E-state index is -0.755. The molecule has 0 aliphatic heterocycles. The van der Waals surface area contributed by atoms with Crippen molar-refractivity contribution in [3.8, 4) is 0 Å². The Balaban J connectivity index is 2.51. The highest BCUT2D eigenvalue weighted by Gasteiger charge is 2.16. The normalized spacial score (nSPS) is 13.5. The minimum absolute atomic E-state index is 0.119. The lowest BCUT2D eigenvalue weighted by molar-refractivity contribution is -0.127. The molecule has 0 radical (unpaired) electrons. The van der Waals surface area contributed by atoms with Crippen LogP contribution in [0.1, 0.15) is 31.1 Å². The van der Waals surface area contributed by atoms with Crippen LogP contribution in [0.25, 0.3) is 0 Å². The van der Waals surface area contributed by atoms with Crippen molar-refractivity contribution in [2.45, 2.75) is 32.9 Å². The minimum Gasteiger partial charge on any atom is -0.387 e. The Morgan fingerprint density at radius 3 is 2.53 bits per heavy atom. The molecular weight excluding hydrogens is 244 g/mol. The highest BCUT2D eigenvalue weighted by Crippen LogP contribution is 2.16. The molecule has 0 aliphatic carbocycles. The summed E-state index contributed by atoms with van der Waals surface area (Å²) in [5.41, 5.74) is 1.76. The van der Waals surface area contributed by atoms with E-state index in [-0.39, 0.29) is 18.4 Å². The Morgan fingerprint density at radius 2 is 1.95 bits per heavy atom. The van der Waals surface area contributed by atoms with Crippen LogP contribution < -0.4 is 10.6 Å². The number of rotatable bonds is 5. The van der Waals surface area contributed by atoms with Crippen LogP contribution in [0.15, 0.2) is 24.3 Å². The maximum absolute atomic E-state index is 11.7. The van der Waals surface area contributed by atoms with Gasteiger partial charge in [-0.1, -0.05) is 24.3 Å². The summed E-state index contributed by atoms with van der Waals surface area (Å²) < 4.78 is 0. The molecule has 5 nitrogen and oxygen atoms in total. The van der Waals surface area contributed by atoms with E-state index >= 15 is 0 Å². The van der Waals surface area contributed by atoms with E-state index in [1.165, 1.54) is 6.92 Å². The first-order valence-electron chi connectivity index (χ1n) is 6.20. The Bertz CT molecular complexity index is 460. The monoisotopic (exact) mass is 264 g/mol. The van der Waals surface area contributed by atoms with E-state index in [0.29, 0.717) is 0 Å². The molecular formula is C14H20N2O3. The molecule has 1 rings (SSSR count). The van der Waals surface area contributed by atoms with Crippen LogP contribution in [0.3, 0.4) is 0 Å². The van der Waals surface area contributed by atoms with Gasteiger partial charge in [0.25, 0.3) is 0 Å². The highest BCUT2D eigenvalue weighted by molar-refractivity contribution is 5.86. The van der Waals surface area contributed by atoms with Gasteiger partial charge in [0.05, 0.1) is 6.10 Å². The van der Waals surface area contributed by atoms with Gasteiger partial charge in [-0.15, -0.1) is 0 Å². The quantitative estimate of drug-likeness (QED) is 0.731. The van der Waals surface area contributed by atoms with Crippen LogP contribution in [-0.2, 0) is 9.59 Å². The summed E-state index contributed by atoms with van der Waals surface area (Å²) in [4.78, 5) is 22.5. The zero-order chi connectivity index (χ0) is 14.4. The molecule has 0 fully saturated rings. The summed E-state index contributed by atoms with van der Waals surface area (Å²) in [5.74, 6) is -0.579. The zero-order valence-electron chi connectivity index (χ0n) is 11.4. The molecule has 2 amide bonds. The van der Waals surface area contributed by atoms with E-state index in [9.17, 15) is 14.7 Å². The van der Waals surface area contributed by atoms with E-state index in [2.05, 4.69) is 10.6 Å². The van der Waals surface area contributed by atoms with Crippen molar-refractivity contribution in [3.63, 3.8) is 0 Å². The Hall–Kier alpha value is -1.88. The van der Waals surface area contributed by atoms with E-state index < -0.39 is 12.1 Å². The predicted octanol–water partition coefficient (Wildman–Crippen LogP) is 0.669. The Kier molecular flexibility index (Phi) is 5.51. The lowest BCUT2D eigenvalue weighted by Crippen LogP contribution is -2.45. The Morgan fingerprint density at radius 1 is 1.32 bits per heavy atom. The average molecular weight is 264 g/mol. The molecule has 0 aromatic heterocycles. The second-order valence-corrected chi connectivity index (χ2v) is 4.54. The number of benzene rings is 1. The van der Waals surface area contributed by atoms with Crippen LogP contribution in [0.4, 0.5) is 0 Å². The number of hydrogen-bond acceptors (Lipinski definition) is 3. The van der Waals surface area contributed by atoms with Crippen LogP contribution in [0.5, 0.6) is 0 Å². The van der Waals surface area contributed by atoms with Gasteiger partial charge in [-0.05, 0) is 25.0 Å². The molecule has 0 heterocycles. The summed E-state index contributed by atoms with van der Waals surface area (Å²) >= 11 is 0. The van der Waals surface area contributed by atoms with Gasteiger partial charge in [-0.2, -0.15) is 0 Å². The van der Waals surface area contributed by atoms with Gasteiger partial charge in [0.15, 0.2) is 0 Å². The van der Waals surface area contributed by atoms with Gasteiger partial charge in [0.1, 0.15) is 6.04 Å². The van der Waals surface area contributed by atoms with Crippen molar-refractivity contribution in [1.82, 2.24) is 10.6 Å². The number of aryl methyl sites for hydroxylation is 1. The largest absolute Gasteiger partial charge is 0.387 e. The maximum atomic E-state index is 11.7. The highest BCUT2D eigenvalue weighted by atomic mass is 16.3. The smallest absolute Gasteiger partial charge is 0.242 e. The Labute approximate surface area is 113 Å². The standard InChI is InChI=1S/C14H20N2O3/c1-9-6-4-5-7-12(9)13(18)8-15-14(19)10(2)16-11(3)17/h4-7,10,13,18H,8H2,1-3H3,(H,15,19)(H,16,17). The van der Waals surface area contributed by atoms with Crippen LogP contribution in [-0.4, -0.2) is 29.5 Å². The molecule has 0 bridgehead atoms. The molecule has 0 saturated heterocycles. The van der Waals surface area contributed by atoms with Crippen LogP contribution in [0.2, 0.25) is 0 Å². The zero-order valence-corrected chi connectivity index (χ0v) is 11.4. The first kappa shape index (κ1) is 15.2. The number of carbonyl (C=O) groups excluding carboxylic acids is 2. The molecule has 2 atom stereocenters. The van der Waals surface area contributed by atoms with Gasteiger partial charge in [0, 0.05) is 13.5 Å². The fourth-order valence-corrected chi connectivity index (χ4v) is 1.79. The van der Waals surface area contributed by atoms with Crippen molar-refractivity contribution in [3.05, 3.63) is 35.4 Å². The van der Waals surface area contributed by atoms with E-state index in [1.54, 1.807) is 6.92 Å². The predicted molar refractivity (Wildman–Crippen MR) is 72.4 cm³/mol. The molecule has 5 heteroatoms. The fraction of sp³-hybridized carbons (Fsp3) is 0.429. The topological polar surface area (TPSA) is 78.4 Å². The summed E-state index contributed by atoms with van der Waals surface area (Å²) in [6, 6.07) is 6.85. The first-order valence-corrected chi connectivity index (χ1v) is 6.20. The van der Waals surface area contributed by atoms with Crippen molar-refractivity contribution < 1.29 is 14.7 Å². The van der Waals surface area contributed by atoms with E-state index in [0.717, 1.165) is 11.1 Å². The summed E-state index contributed by atoms with van der Waals surface area (Å²) in [6.45, 7) is 4.97. The average Bonchev–Trinajstić information content (AvgIpc) is 2.35. The molecule has 0 spiro atoms. The number of carbonyl (C=O) groups is 2. The third-order valence-electron chi connectivity index (χ3n) is 2.83. The lowest BCUT2D eigenvalue weighted by Gasteiger charge is -2.17. The van der Waals surface area contributed by atoms with E-state index in [1.807, 2.05) is 31.2 Å². The third kappa shape index (κ3) is 4.71. The first-order chi connectivity index (χ1) is 8.91. The third-order valence-corrected chi connectivity index (χ3v) is 2.83. The molecule has 1 aromatic carbocycles. The molecule has 2 unspecified atom stereocenters. The van der Waals surface area contributed by atoms with Crippen LogP contribution in [0, 0.1) is 6.92 Å². The SMILES string of the molecule is CC(=O)NC(C)C(=O)NCC(O)c1ccccc1C. The van der Waals surface area contributed by atoms with Gasteiger partial charge < -0.3 is 15.7 Å². The summed E-state index contributed by atoms with van der Waals surface area (Å²) in [7, 11) is 0. The molecule has 1 aromatic rings. The second-order valence-electron chi connectivity index (χ2n) is 4.54. The van der Waals surface area contributed by atoms with Crippen molar-refractivity contribution in [1.29, 1.82) is 0 Å². The van der Waals surface area contributed by atoms with E-state index in [4.69, 9.17) is 0 Å². The number of amides is 2. The number of hydrogen-bond donors (Lipinski definition) is 3. The number of aliphatic hydroxyl groups is 1. The molecule has 0 saturated carbocycles. The number of nitrogens with one attached hydrogen (secondary N) is 2. The molecule has 104 valence electrons. The molecule has 19 heavy (non-hydrogen) atoms. The number of aliphatic hydroxyl groups excluding tert-OH is 1. The summed E-state index contributed by atoms with van der Waals surface area (Å²) in [5, 5.41) is 15.1. The second kappa shape index (κ2) is 6.89. The van der Waals surface area contributed by atoms with Gasteiger partial charge in [-0.3, -0.25) is 9.59 Å². The fourth-order valence-electron chi connectivity index (χ4n) is 1.79. The molecule has 3 N–H and O–H groups in total. The van der Waals surface area contributed by atoms with Crippen molar-refractivity contribution in [2.75, 3.05) is 6.54 Å². The van der Waals surface area contributed by atoms with Crippen LogP contribution >= 0.6 is 0 Å². The van der Waals surface area contributed by atoms with Gasteiger partial charge in [0.2, 0.25) is 11.8 Å². The molecule has 0 aliphatic rings. The van der Waals surface area contributed by atoms with Gasteiger partial charge >= 0.3 is 0 Å². The lowest BCUT2D eigenvalue weighted by atomic mass is 10.0.